The number of hydrogen-bond donors (Lipinski definition) is 4. The van der Waals surface area contributed by atoms with Gasteiger partial charge in [0, 0.05) is 37.4 Å². The highest BCUT2D eigenvalue weighted by Crippen LogP contribution is 2.12. The summed E-state index contributed by atoms with van der Waals surface area (Å²) in [6.07, 6.45) is 18.7. The molecule has 0 radical (unpaired) electrons. The maximum atomic E-state index is 11.3. The second-order valence-corrected chi connectivity index (χ2v) is 7.52. The van der Waals surface area contributed by atoms with E-state index in [9.17, 15) is 19.2 Å². The minimum atomic E-state index is -1.12. The summed E-state index contributed by atoms with van der Waals surface area (Å²) >= 11 is 0. The van der Waals surface area contributed by atoms with Crippen molar-refractivity contribution in [3.05, 3.63) is 24.3 Å². The van der Waals surface area contributed by atoms with Gasteiger partial charge in [-0.25, -0.2) is 9.59 Å². The van der Waals surface area contributed by atoms with Gasteiger partial charge in [-0.2, -0.15) is 0 Å². The molecule has 0 aromatic rings. The third-order valence-electron chi connectivity index (χ3n) is 4.71. The van der Waals surface area contributed by atoms with E-state index in [-0.39, 0.29) is 11.8 Å². The molecule has 0 saturated heterocycles. The number of rotatable bonds is 20. The lowest BCUT2D eigenvalue weighted by Crippen LogP contribution is -2.22. The maximum absolute atomic E-state index is 11.3. The number of carbonyl (C=O) groups is 4. The minimum absolute atomic E-state index is 0.362. The average molecular weight is 439 g/mol. The van der Waals surface area contributed by atoms with Crippen LogP contribution in [-0.4, -0.2) is 47.1 Å². The highest BCUT2D eigenvalue weighted by molar-refractivity contribution is 5.94. The first-order chi connectivity index (χ1) is 14.9. The van der Waals surface area contributed by atoms with Crippen molar-refractivity contribution in [2.75, 3.05) is 13.1 Å². The lowest BCUT2D eigenvalue weighted by molar-refractivity contribution is -0.132. The molecule has 0 unspecified atom stereocenters. The number of carboxylic acid groups (broad SMARTS) is 2. The van der Waals surface area contributed by atoms with Crippen molar-refractivity contribution in [2.45, 2.75) is 83.5 Å². The zero-order valence-electron chi connectivity index (χ0n) is 18.4. The first-order valence-electron chi connectivity index (χ1n) is 11.3. The van der Waals surface area contributed by atoms with E-state index in [0.29, 0.717) is 13.1 Å². The van der Waals surface area contributed by atoms with E-state index >= 15 is 0 Å². The summed E-state index contributed by atoms with van der Waals surface area (Å²) in [6, 6.07) is 0. The van der Waals surface area contributed by atoms with Gasteiger partial charge in [0.05, 0.1) is 0 Å². The Hall–Kier alpha value is -2.64. The predicted octanol–water partition coefficient (Wildman–Crippen LogP) is 3.57. The number of amides is 2. The average Bonchev–Trinajstić information content (AvgIpc) is 2.72. The Balaban J connectivity index is 3.25. The number of aliphatic carboxylic acids is 2. The molecule has 0 fully saturated rings. The van der Waals surface area contributed by atoms with E-state index in [1.54, 1.807) is 0 Å². The van der Waals surface area contributed by atoms with Gasteiger partial charge in [0.15, 0.2) is 0 Å². The third kappa shape index (κ3) is 23.5. The Morgan fingerprint density at radius 1 is 0.452 bits per heavy atom. The Labute approximate surface area is 185 Å². The predicted molar refractivity (Wildman–Crippen MR) is 120 cm³/mol. The van der Waals surface area contributed by atoms with Gasteiger partial charge >= 0.3 is 11.9 Å². The molecule has 176 valence electrons. The van der Waals surface area contributed by atoms with Crippen molar-refractivity contribution in [1.29, 1.82) is 0 Å². The fourth-order valence-corrected chi connectivity index (χ4v) is 3.03. The monoisotopic (exact) mass is 438 g/mol. The molecule has 0 aromatic carbocycles. The van der Waals surface area contributed by atoms with Crippen LogP contribution in [0, 0.1) is 0 Å². The van der Waals surface area contributed by atoms with Gasteiger partial charge in [0.1, 0.15) is 0 Å². The fraction of sp³-hybridized carbons (Fsp3) is 0.652. The van der Waals surface area contributed by atoms with E-state index < -0.39 is 11.9 Å². The lowest BCUT2D eigenvalue weighted by atomic mass is 10.0. The summed E-state index contributed by atoms with van der Waals surface area (Å²) in [6.45, 7) is 1.16. The molecule has 0 atom stereocenters. The maximum Gasteiger partial charge on any atom is 0.328 e. The third-order valence-corrected chi connectivity index (χ3v) is 4.71. The molecular formula is C23H38N2O6. The van der Waals surface area contributed by atoms with Gasteiger partial charge < -0.3 is 20.8 Å². The summed E-state index contributed by atoms with van der Waals surface area (Å²) < 4.78 is 0. The molecule has 0 spiro atoms. The summed E-state index contributed by atoms with van der Waals surface area (Å²) in [5.41, 5.74) is 0. The number of carboxylic acids is 2. The second-order valence-electron chi connectivity index (χ2n) is 7.52. The first-order valence-corrected chi connectivity index (χ1v) is 11.3. The highest BCUT2D eigenvalue weighted by Gasteiger charge is 1.98. The van der Waals surface area contributed by atoms with E-state index in [1.165, 1.54) is 44.9 Å². The molecule has 0 heterocycles. The van der Waals surface area contributed by atoms with E-state index in [4.69, 9.17) is 10.2 Å². The van der Waals surface area contributed by atoms with Gasteiger partial charge in [-0.1, -0.05) is 70.6 Å². The van der Waals surface area contributed by atoms with Gasteiger partial charge in [0.25, 0.3) is 0 Å². The molecule has 0 bridgehead atoms. The normalized spacial score (nSPS) is 11.1. The lowest BCUT2D eigenvalue weighted by Gasteiger charge is -2.04. The molecular weight excluding hydrogens is 400 g/mol. The van der Waals surface area contributed by atoms with Crippen LogP contribution >= 0.6 is 0 Å². The highest BCUT2D eigenvalue weighted by atomic mass is 16.4. The molecule has 4 N–H and O–H groups in total. The molecule has 0 saturated carbocycles. The topological polar surface area (TPSA) is 133 Å². The Morgan fingerprint density at radius 2 is 0.710 bits per heavy atom. The van der Waals surface area contributed by atoms with E-state index in [2.05, 4.69) is 10.6 Å². The minimum Gasteiger partial charge on any atom is -0.478 e. The standard InChI is InChI=1S/C23H38N2O6/c26-20(14-16-22(28)29)24-18-12-10-8-6-4-2-1-3-5-7-9-11-13-19-25-21(27)15-17-23(30)31/h14-17H,1-13,18-19H2,(H,24,26)(H,25,27)(H,28,29)(H,30,31)/b16-14-,17-15-. The van der Waals surface area contributed by atoms with Gasteiger partial charge in [-0.3, -0.25) is 9.59 Å². The van der Waals surface area contributed by atoms with Crippen LogP contribution in [0.5, 0.6) is 0 Å². The molecule has 8 nitrogen and oxygen atoms in total. The summed E-state index contributed by atoms with van der Waals surface area (Å²) in [7, 11) is 0. The van der Waals surface area contributed by atoms with Crippen molar-refractivity contribution in [3.63, 3.8) is 0 Å². The SMILES string of the molecule is O=C(O)/C=C\C(=O)NCCCCCCCCCCCCCCCNC(=O)/C=C\C(=O)O. The van der Waals surface area contributed by atoms with Crippen LogP contribution in [0.15, 0.2) is 24.3 Å². The van der Waals surface area contributed by atoms with Crippen molar-refractivity contribution in [2.24, 2.45) is 0 Å². The van der Waals surface area contributed by atoms with Crippen LogP contribution in [0.25, 0.3) is 0 Å². The molecule has 0 aromatic heterocycles. The summed E-state index contributed by atoms with van der Waals surface area (Å²) in [4.78, 5) is 43.1. The van der Waals surface area contributed by atoms with Crippen LogP contribution in [0.4, 0.5) is 0 Å². The summed E-state index contributed by atoms with van der Waals surface area (Å²) in [5, 5.41) is 22.2. The molecule has 0 aliphatic heterocycles. The molecule has 0 aliphatic rings. The fourth-order valence-electron chi connectivity index (χ4n) is 3.03. The van der Waals surface area contributed by atoms with Crippen molar-refractivity contribution in [3.8, 4) is 0 Å². The Morgan fingerprint density at radius 3 is 0.968 bits per heavy atom. The number of nitrogens with one attached hydrogen (secondary N) is 2. The number of hydrogen-bond acceptors (Lipinski definition) is 4. The van der Waals surface area contributed by atoms with Crippen LogP contribution in [0.1, 0.15) is 83.5 Å². The second kappa shape index (κ2) is 20.6. The van der Waals surface area contributed by atoms with Gasteiger partial charge in [-0.05, 0) is 12.8 Å². The first kappa shape index (κ1) is 28.4. The quantitative estimate of drug-likeness (QED) is 0.170. The van der Waals surface area contributed by atoms with Crippen LogP contribution in [0.2, 0.25) is 0 Å². The zero-order chi connectivity index (χ0) is 23.2. The van der Waals surface area contributed by atoms with Crippen LogP contribution in [0.3, 0.4) is 0 Å². The molecule has 0 aliphatic carbocycles. The Bertz CT molecular complexity index is 537. The molecule has 2 amide bonds. The van der Waals surface area contributed by atoms with E-state index in [0.717, 1.165) is 62.8 Å². The van der Waals surface area contributed by atoms with Crippen LogP contribution in [-0.2, 0) is 19.2 Å². The van der Waals surface area contributed by atoms with Crippen LogP contribution < -0.4 is 10.6 Å². The van der Waals surface area contributed by atoms with Crippen molar-refractivity contribution in [1.82, 2.24) is 10.6 Å². The van der Waals surface area contributed by atoms with Crippen molar-refractivity contribution >= 4 is 23.8 Å². The number of unbranched alkanes of at least 4 members (excludes halogenated alkanes) is 12. The van der Waals surface area contributed by atoms with E-state index in [1.807, 2.05) is 0 Å². The van der Waals surface area contributed by atoms with Gasteiger partial charge in [0.2, 0.25) is 11.8 Å². The van der Waals surface area contributed by atoms with Crippen molar-refractivity contribution < 1.29 is 29.4 Å². The summed E-state index contributed by atoms with van der Waals surface area (Å²) in [5.74, 6) is -2.97. The Kier molecular flexibility index (Phi) is 18.9. The van der Waals surface area contributed by atoms with Gasteiger partial charge in [-0.15, -0.1) is 0 Å². The molecule has 31 heavy (non-hydrogen) atoms. The largest absolute Gasteiger partial charge is 0.478 e. The number of carbonyl (C=O) groups excluding carboxylic acids is 2. The zero-order valence-corrected chi connectivity index (χ0v) is 18.4. The molecule has 8 heteroatoms. The molecule has 0 rings (SSSR count). The smallest absolute Gasteiger partial charge is 0.328 e.